The van der Waals surface area contributed by atoms with Crippen LogP contribution in [-0.2, 0) is 14.3 Å². The van der Waals surface area contributed by atoms with Crippen LogP contribution in [0.2, 0.25) is 0 Å². The first-order chi connectivity index (χ1) is 12.1. The molecule has 7 nitrogen and oxygen atoms in total. The van der Waals surface area contributed by atoms with E-state index in [0.29, 0.717) is 36.3 Å². The van der Waals surface area contributed by atoms with E-state index in [1.165, 1.54) is 18.1 Å². The summed E-state index contributed by atoms with van der Waals surface area (Å²) in [6, 6.07) is 3.99. The summed E-state index contributed by atoms with van der Waals surface area (Å²) in [4.78, 5) is 37.8. The maximum Gasteiger partial charge on any atom is 0.411 e. The van der Waals surface area contributed by atoms with Crippen LogP contribution in [0.5, 0.6) is 5.75 Å². The fourth-order valence-electron chi connectivity index (χ4n) is 2.74. The van der Waals surface area contributed by atoms with Gasteiger partial charge in [0, 0.05) is 6.54 Å². The summed E-state index contributed by atoms with van der Waals surface area (Å²) in [6.07, 6.45) is 0.714. The lowest BCUT2D eigenvalue weighted by molar-refractivity contribution is -0.139. The number of hydrogen-bond acceptors (Lipinski definition) is 6. The van der Waals surface area contributed by atoms with Crippen LogP contribution in [0, 0.1) is 6.92 Å². The molecule has 1 amide bonds. The fourth-order valence-corrected chi connectivity index (χ4v) is 2.74. The van der Waals surface area contributed by atoms with Crippen molar-refractivity contribution in [1.29, 1.82) is 0 Å². The van der Waals surface area contributed by atoms with Gasteiger partial charge in [-0.1, -0.05) is 0 Å². The zero-order valence-electron chi connectivity index (χ0n) is 15.8. The van der Waals surface area contributed by atoms with Gasteiger partial charge in [-0.05, 0) is 64.3 Å². The summed E-state index contributed by atoms with van der Waals surface area (Å²) in [5, 5.41) is 0. The molecule has 1 aliphatic heterocycles. The molecule has 7 heteroatoms. The van der Waals surface area contributed by atoms with E-state index in [4.69, 9.17) is 9.47 Å². The molecule has 26 heavy (non-hydrogen) atoms. The third-order valence-corrected chi connectivity index (χ3v) is 3.96. The van der Waals surface area contributed by atoms with Gasteiger partial charge in [0.15, 0.2) is 0 Å². The smallest absolute Gasteiger partial charge is 0.411 e. The zero-order valence-corrected chi connectivity index (χ0v) is 15.8. The number of aryl methyl sites for hydroxylation is 1. The van der Waals surface area contributed by atoms with Crippen LogP contribution < -0.4 is 4.74 Å². The van der Waals surface area contributed by atoms with Gasteiger partial charge < -0.3 is 14.2 Å². The van der Waals surface area contributed by atoms with Gasteiger partial charge in [-0.15, -0.1) is 0 Å². The molecule has 1 aromatic rings. The van der Waals surface area contributed by atoms with Crippen molar-refractivity contribution in [2.75, 3.05) is 13.7 Å². The number of rotatable bonds is 3. The molecule has 0 N–H and O–H groups in total. The lowest BCUT2D eigenvalue weighted by atomic mass is 10.1. The Morgan fingerprint density at radius 1 is 1.19 bits per heavy atom. The summed E-state index contributed by atoms with van der Waals surface area (Å²) >= 11 is 0. The van der Waals surface area contributed by atoms with E-state index in [1.807, 2.05) is 0 Å². The van der Waals surface area contributed by atoms with Crippen molar-refractivity contribution in [2.45, 2.75) is 52.2 Å². The number of nitrogens with zero attached hydrogens (tertiary/aromatic N) is 1. The predicted octanol–water partition coefficient (Wildman–Crippen LogP) is 3.09. The molecule has 0 aromatic heterocycles. The molecule has 142 valence electrons. The number of methoxy groups -OCH3 is 1. The Balaban J connectivity index is 2.09. The van der Waals surface area contributed by atoms with Gasteiger partial charge in [0.1, 0.15) is 17.4 Å². The fraction of sp³-hybridized carbons (Fsp3) is 0.526. The Morgan fingerprint density at radius 2 is 1.88 bits per heavy atom. The highest BCUT2D eigenvalue weighted by atomic mass is 16.6. The van der Waals surface area contributed by atoms with Crippen LogP contribution in [0.25, 0.3) is 0 Å². The highest BCUT2D eigenvalue weighted by Crippen LogP contribution is 2.25. The van der Waals surface area contributed by atoms with Crippen molar-refractivity contribution in [3.05, 3.63) is 29.3 Å². The van der Waals surface area contributed by atoms with Crippen LogP contribution in [0.4, 0.5) is 4.79 Å². The SMILES string of the molecule is COC(=O)c1ccc(OC(=O)C2CCCN2C(=O)OC(C)(C)C)c(C)c1. The minimum absolute atomic E-state index is 0.346. The Labute approximate surface area is 153 Å². The number of carbonyl (C=O) groups excluding carboxylic acids is 3. The van der Waals surface area contributed by atoms with Gasteiger partial charge in [0.2, 0.25) is 0 Å². The summed E-state index contributed by atoms with van der Waals surface area (Å²) in [5.74, 6) is -0.626. The predicted molar refractivity (Wildman–Crippen MR) is 94.1 cm³/mol. The van der Waals surface area contributed by atoms with Crippen molar-refractivity contribution in [3.63, 3.8) is 0 Å². The zero-order chi connectivity index (χ0) is 19.5. The van der Waals surface area contributed by atoms with Crippen molar-refractivity contribution < 1.29 is 28.6 Å². The van der Waals surface area contributed by atoms with Gasteiger partial charge in [0.05, 0.1) is 12.7 Å². The number of amides is 1. The van der Waals surface area contributed by atoms with E-state index in [9.17, 15) is 14.4 Å². The van der Waals surface area contributed by atoms with Gasteiger partial charge in [-0.25, -0.2) is 14.4 Å². The Bertz CT molecular complexity index is 706. The second-order valence-electron chi connectivity index (χ2n) is 7.22. The minimum Gasteiger partial charge on any atom is -0.465 e. The summed E-state index contributed by atoms with van der Waals surface area (Å²) in [7, 11) is 1.30. The summed E-state index contributed by atoms with van der Waals surface area (Å²) in [6.45, 7) is 7.52. The second kappa shape index (κ2) is 7.76. The third kappa shape index (κ3) is 4.74. The van der Waals surface area contributed by atoms with Crippen molar-refractivity contribution in [1.82, 2.24) is 4.90 Å². The molecule has 0 saturated carbocycles. The molecule has 1 heterocycles. The minimum atomic E-state index is -0.676. The molecule has 0 radical (unpaired) electrons. The molecule has 1 fully saturated rings. The van der Waals surface area contributed by atoms with E-state index in [1.54, 1.807) is 39.8 Å². The van der Waals surface area contributed by atoms with Crippen LogP contribution in [0.1, 0.15) is 49.5 Å². The number of esters is 2. The van der Waals surface area contributed by atoms with Crippen LogP contribution in [0.3, 0.4) is 0 Å². The molecular weight excluding hydrogens is 338 g/mol. The molecule has 1 unspecified atom stereocenters. The van der Waals surface area contributed by atoms with Crippen molar-refractivity contribution >= 4 is 18.0 Å². The molecule has 0 bridgehead atoms. The molecule has 1 atom stereocenters. The maximum absolute atomic E-state index is 12.6. The van der Waals surface area contributed by atoms with Crippen LogP contribution >= 0.6 is 0 Å². The molecule has 1 saturated heterocycles. The number of likely N-dealkylation sites (tertiary alicyclic amines) is 1. The third-order valence-electron chi connectivity index (χ3n) is 3.96. The van der Waals surface area contributed by atoms with E-state index in [2.05, 4.69) is 4.74 Å². The van der Waals surface area contributed by atoms with Gasteiger partial charge in [0.25, 0.3) is 0 Å². The first-order valence-electron chi connectivity index (χ1n) is 8.52. The number of ether oxygens (including phenoxy) is 3. The highest BCUT2D eigenvalue weighted by molar-refractivity contribution is 5.90. The standard InChI is InChI=1S/C19H25NO6/c1-12-11-13(16(21)24-5)8-9-15(12)25-17(22)14-7-6-10-20(14)18(23)26-19(2,3)4/h8-9,11,14H,6-7,10H2,1-5H3. The van der Waals surface area contributed by atoms with Gasteiger partial charge in [-0.3, -0.25) is 4.90 Å². The first kappa shape index (κ1) is 19.8. The number of hydrogen-bond donors (Lipinski definition) is 0. The molecule has 0 aliphatic carbocycles. The van der Waals surface area contributed by atoms with E-state index < -0.39 is 29.7 Å². The highest BCUT2D eigenvalue weighted by Gasteiger charge is 2.38. The average molecular weight is 363 g/mol. The van der Waals surface area contributed by atoms with Crippen molar-refractivity contribution in [3.8, 4) is 5.75 Å². The molecule has 0 spiro atoms. The normalized spacial score (nSPS) is 17.0. The molecule has 2 rings (SSSR count). The van der Waals surface area contributed by atoms with E-state index >= 15 is 0 Å². The Hall–Kier alpha value is -2.57. The second-order valence-corrected chi connectivity index (χ2v) is 7.22. The van der Waals surface area contributed by atoms with Gasteiger partial charge in [-0.2, -0.15) is 0 Å². The van der Waals surface area contributed by atoms with E-state index in [-0.39, 0.29) is 0 Å². The quantitative estimate of drug-likeness (QED) is 0.606. The maximum atomic E-state index is 12.6. The number of benzene rings is 1. The monoisotopic (exact) mass is 363 g/mol. The average Bonchev–Trinajstić information content (AvgIpc) is 3.04. The largest absolute Gasteiger partial charge is 0.465 e. The Morgan fingerprint density at radius 3 is 2.46 bits per heavy atom. The molecule has 1 aliphatic rings. The number of carbonyl (C=O) groups is 3. The Kier molecular flexibility index (Phi) is 5.90. The van der Waals surface area contributed by atoms with E-state index in [0.717, 1.165) is 0 Å². The topological polar surface area (TPSA) is 82.1 Å². The summed E-state index contributed by atoms with van der Waals surface area (Å²) < 4.78 is 15.5. The first-order valence-corrected chi connectivity index (χ1v) is 8.52. The van der Waals surface area contributed by atoms with Crippen LogP contribution in [-0.4, -0.2) is 48.2 Å². The molecular formula is C19H25NO6. The van der Waals surface area contributed by atoms with Crippen LogP contribution in [0.15, 0.2) is 18.2 Å². The summed E-state index contributed by atoms with van der Waals surface area (Å²) in [5.41, 5.74) is 0.373. The molecule has 1 aromatic carbocycles. The van der Waals surface area contributed by atoms with Gasteiger partial charge >= 0.3 is 18.0 Å². The lowest BCUT2D eigenvalue weighted by Crippen LogP contribution is -2.44. The van der Waals surface area contributed by atoms with Crippen molar-refractivity contribution in [2.24, 2.45) is 0 Å². The lowest BCUT2D eigenvalue weighted by Gasteiger charge is -2.27.